The molecule has 0 atom stereocenters. The summed E-state index contributed by atoms with van der Waals surface area (Å²) in [6, 6.07) is 4.04. The SMILES string of the molecule is NCC1(C2(c3ccc(F)c(F)c3)COC2)COC1. The Balaban J connectivity index is 2.03. The Morgan fingerprint density at radius 2 is 1.72 bits per heavy atom. The number of halogens is 2. The second kappa shape index (κ2) is 3.98. The number of hydrogen-bond acceptors (Lipinski definition) is 3. The van der Waals surface area contributed by atoms with E-state index in [9.17, 15) is 8.78 Å². The van der Waals surface area contributed by atoms with Gasteiger partial charge in [0.15, 0.2) is 11.6 Å². The summed E-state index contributed by atoms with van der Waals surface area (Å²) in [6.45, 7) is 2.52. The molecule has 0 unspecified atom stereocenters. The molecule has 2 heterocycles. The van der Waals surface area contributed by atoms with E-state index in [2.05, 4.69) is 0 Å². The van der Waals surface area contributed by atoms with Crippen molar-refractivity contribution in [2.24, 2.45) is 11.1 Å². The Morgan fingerprint density at radius 1 is 1.06 bits per heavy atom. The van der Waals surface area contributed by atoms with Crippen molar-refractivity contribution in [3.63, 3.8) is 0 Å². The van der Waals surface area contributed by atoms with E-state index >= 15 is 0 Å². The second-order valence-electron chi connectivity index (χ2n) is 5.18. The van der Waals surface area contributed by atoms with Crippen molar-refractivity contribution < 1.29 is 18.3 Å². The third-order valence-corrected chi connectivity index (χ3v) is 4.33. The Kier molecular flexibility index (Phi) is 2.66. The van der Waals surface area contributed by atoms with Crippen LogP contribution < -0.4 is 5.73 Å². The van der Waals surface area contributed by atoms with Gasteiger partial charge in [-0.05, 0) is 17.7 Å². The maximum Gasteiger partial charge on any atom is 0.159 e. The molecule has 2 aliphatic rings. The van der Waals surface area contributed by atoms with Crippen LogP contribution in [0.15, 0.2) is 18.2 Å². The first-order chi connectivity index (χ1) is 8.63. The van der Waals surface area contributed by atoms with Gasteiger partial charge < -0.3 is 15.2 Å². The van der Waals surface area contributed by atoms with E-state index in [0.29, 0.717) is 33.0 Å². The first kappa shape index (κ1) is 12.0. The minimum Gasteiger partial charge on any atom is -0.380 e. The van der Waals surface area contributed by atoms with Crippen LogP contribution in [-0.4, -0.2) is 33.0 Å². The first-order valence-electron chi connectivity index (χ1n) is 5.95. The second-order valence-corrected chi connectivity index (χ2v) is 5.18. The van der Waals surface area contributed by atoms with Crippen LogP contribution in [0.4, 0.5) is 8.78 Å². The van der Waals surface area contributed by atoms with Gasteiger partial charge in [-0.3, -0.25) is 0 Å². The van der Waals surface area contributed by atoms with E-state index in [1.54, 1.807) is 6.07 Å². The van der Waals surface area contributed by atoms with Crippen LogP contribution in [-0.2, 0) is 14.9 Å². The van der Waals surface area contributed by atoms with E-state index in [-0.39, 0.29) is 10.8 Å². The lowest BCUT2D eigenvalue weighted by molar-refractivity contribution is -0.223. The van der Waals surface area contributed by atoms with E-state index in [4.69, 9.17) is 15.2 Å². The summed E-state index contributed by atoms with van der Waals surface area (Å²) in [5, 5.41) is 0. The molecule has 0 bridgehead atoms. The van der Waals surface area contributed by atoms with Crippen LogP contribution in [0, 0.1) is 17.0 Å². The van der Waals surface area contributed by atoms with Gasteiger partial charge in [0.1, 0.15) is 0 Å². The molecule has 98 valence electrons. The van der Waals surface area contributed by atoms with Gasteiger partial charge in [-0.2, -0.15) is 0 Å². The van der Waals surface area contributed by atoms with Crippen LogP contribution in [0.2, 0.25) is 0 Å². The van der Waals surface area contributed by atoms with Gasteiger partial charge >= 0.3 is 0 Å². The van der Waals surface area contributed by atoms with E-state index in [1.807, 2.05) is 0 Å². The Labute approximate surface area is 104 Å². The third kappa shape index (κ3) is 1.38. The minimum atomic E-state index is -0.833. The minimum absolute atomic E-state index is 0.213. The maximum absolute atomic E-state index is 13.4. The lowest BCUT2D eigenvalue weighted by atomic mass is 9.57. The smallest absolute Gasteiger partial charge is 0.159 e. The van der Waals surface area contributed by atoms with Crippen LogP contribution >= 0.6 is 0 Å². The molecule has 5 heteroatoms. The molecule has 1 aromatic rings. The van der Waals surface area contributed by atoms with Gasteiger partial charge in [-0.25, -0.2) is 8.78 Å². The number of rotatable bonds is 3. The van der Waals surface area contributed by atoms with Crippen LogP contribution in [0.5, 0.6) is 0 Å². The molecule has 0 amide bonds. The predicted molar refractivity (Wildman–Crippen MR) is 61.2 cm³/mol. The molecule has 18 heavy (non-hydrogen) atoms. The van der Waals surface area contributed by atoms with Crippen LogP contribution in [0.1, 0.15) is 5.56 Å². The lowest BCUT2D eigenvalue weighted by Gasteiger charge is -2.59. The van der Waals surface area contributed by atoms with Gasteiger partial charge in [-0.15, -0.1) is 0 Å². The van der Waals surface area contributed by atoms with Gasteiger partial charge in [0.05, 0.1) is 31.8 Å². The van der Waals surface area contributed by atoms with Crippen molar-refractivity contribution >= 4 is 0 Å². The number of nitrogens with two attached hydrogens (primary N) is 1. The number of hydrogen-bond donors (Lipinski definition) is 1. The van der Waals surface area contributed by atoms with Gasteiger partial charge in [0, 0.05) is 12.0 Å². The Morgan fingerprint density at radius 3 is 2.11 bits per heavy atom. The van der Waals surface area contributed by atoms with Crippen molar-refractivity contribution in [3.05, 3.63) is 35.4 Å². The summed E-state index contributed by atoms with van der Waals surface area (Å²) >= 11 is 0. The number of benzene rings is 1. The molecule has 0 aromatic heterocycles. The average molecular weight is 255 g/mol. The molecule has 3 nitrogen and oxygen atoms in total. The maximum atomic E-state index is 13.4. The molecule has 0 radical (unpaired) electrons. The summed E-state index contributed by atoms with van der Waals surface area (Å²) < 4.78 is 37.0. The highest BCUT2D eigenvalue weighted by atomic mass is 19.2. The predicted octanol–water partition coefficient (Wildman–Crippen LogP) is 1.21. The summed E-state index contributed by atoms with van der Waals surface area (Å²) in [4.78, 5) is 0. The monoisotopic (exact) mass is 255 g/mol. The van der Waals surface area contributed by atoms with Gasteiger partial charge in [-0.1, -0.05) is 6.07 Å². The lowest BCUT2D eigenvalue weighted by Crippen LogP contribution is -2.69. The average Bonchev–Trinajstić information content (AvgIpc) is 2.25. The molecule has 0 saturated carbocycles. The molecular formula is C13H15F2NO2. The van der Waals surface area contributed by atoms with Crippen molar-refractivity contribution in [1.29, 1.82) is 0 Å². The first-order valence-corrected chi connectivity index (χ1v) is 5.95. The van der Waals surface area contributed by atoms with Crippen molar-refractivity contribution in [2.75, 3.05) is 33.0 Å². The summed E-state index contributed by atoms with van der Waals surface area (Å²) in [5.41, 5.74) is 6.07. The summed E-state index contributed by atoms with van der Waals surface area (Å²) in [7, 11) is 0. The molecule has 1 aromatic carbocycles. The van der Waals surface area contributed by atoms with Gasteiger partial charge in [0.25, 0.3) is 0 Å². The van der Waals surface area contributed by atoms with Crippen LogP contribution in [0.3, 0.4) is 0 Å². The van der Waals surface area contributed by atoms with Crippen LogP contribution in [0.25, 0.3) is 0 Å². The molecule has 0 aliphatic carbocycles. The van der Waals surface area contributed by atoms with E-state index in [0.717, 1.165) is 11.6 Å². The largest absolute Gasteiger partial charge is 0.380 e. The molecular weight excluding hydrogens is 240 g/mol. The Hall–Kier alpha value is -1.04. The fraction of sp³-hybridized carbons (Fsp3) is 0.538. The molecule has 2 saturated heterocycles. The molecule has 3 rings (SSSR count). The fourth-order valence-corrected chi connectivity index (χ4v) is 2.82. The zero-order chi connectivity index (χ0) is 12.8. The highest BCUT2D eigenvalue weighted by Crippen LogP contribution is 2.51. The van der Waals surface area contributed by atoms with Crippen molar-refractivity contribution in [2.45, 2.75) is 5.41 Å². The van der Waals surface area contributed by atoms with E-state index in [1.165, 1.54) is 6.07 Å². The molecule has 2 aliphatic heterocycles. The highest BCUT2D eigenvalue weighted by molar-refractivity contribution is 5.34. The zero-order valence-corrected chi connectivity index (χ0v) is 9.92. The fourth-order valence-electron chi connectivity index (χ4n) is 2.82. The topological polar surface area (TPSA) is 44.5 Å². The van der Waals surface area contributed by atoms with E-state index < -0.39 is 11.6 Å². The Bertz CT molecular complexity index is 465. The number of ether oxygens (including phenoxy) is 2. The molecule has 2 fully saturated rings. The van der Waals surface area contributed by atoms with Gasteiger partial charge in [0.2, 0.25) is 0 Å². The highest BCUT2D eigenvalue weighted by Gasteiger charge is 2.60. The zero-order valence-electron chi connectivity index (χ0n) is 9.92. The molecule has 0 spiro atoms. The quantitative estimate of drug-likeness (QED) is 0.883. The summed E-state index contributed by atoms with van der Waals surface area (Å²) in [5.74, 6) is -1.66. The standard InChI is InChI=1S/C13H15F2NO2/c14-10-2-1-9(3-11(10)15)13(7-18-8-13)12(4-16)5-17-6-12/h1-3H,4-8,16H2. The third-order valence-electron chi connectivity index (χ3n) is 4.33. The summed E-state index contributed by atoms with van der Waals surface area (Å²) in [6.07, 6.45) is 0. The molecule has 2 N–H and O–H groups in total. The van der Waals surface area contributed by atoms with Crippen molar-refractivity contribution in [3.8, 4) is 0 Å². The normalized spacial score (nSPS) is 24.2. The van der Waals surface area contributed by atoms with Crippen molar-refractivity contribution in [1.82, 2.24) is 0 Å².